The summed E-state index contributed by atoms with van der Waals surface area (Å²) in [6.45, 7) is 2.08. The number of nitrogens with zero attached hydrogens (tertiary/aromatic N) is 4. The van der Waals surface area contributed by atoms with Crippen LogP contribution in [-0.4, -0.2) is 61.9 Å². The van der Waals surface area contributed by atoms with Crippen molar-refractivity contribution in [3.8, 4) is 0 Å². The first-order chi connectivity index (χ1) is 18.5. The van der Waals surface area contributed by atoms with E-state index in [1.165, 1.54) is 22.5 Å². The maximum Gasteiger partial charge on any atom is 0.435 e. The van der Waals surface area contributed by atoms with Crippen molar-refractivity contribution in [3.05, 3.63) is 65.1 Å². The van der Waals surface area contributed by atoms with E-state index in [9.17, 15) is 18.5 Å². The number of nitrogens with two attached hydrogens (primary N) is 1. The highest BCUT2D eigenvalue weighted by atomic mass is 32.2. The number of nitrogen functional groups attached to an aromatic ring is 1. The van der Waals surface area contributed by atoms with E-state index in [1.54, 1.807) is 30.1 Å². The molecule has 3 aromatic rings. The van der Waals surface area contributed by atoms with Crippen LogP contribution in [0.15, 0.2) is 47.4 Å². The van der Waals surface area contributed by atoms with Crippen molar-refractivity contribution in [2.45, 2.75) is 31.1 Å². The summed E-state index contributed by atoms with van der Waals surface area (Å²) in [6, 6.07) is 10.1. The minimum atomic E-state index is -3.60. The minimum absolute atomic E-state index is 0.00259. The lowest BCUT2D eigenvalue weighted by atomic mass is 10.1. The first kappa shape index (κ1) is 28.3. The van der Waals surface area contributed by atoms with Crippen molar-refractivity contribution in [2.75, 3.05) is 43.7 Å². The van der Waals surface area contributed by atoms with Crippen molar-refractivity contribution in [3.63, 3.8) is 0 Å². The van der Waals surface area contributed by atoms with Gasteiger partial charge in [-0.15, -0.1) is 5.10 Å². The zero-order chi connectivity index (χ0) is 28.3. The molecule has 1 aliphatic rings. The number of benzene rings is 2. The Morgan fingerprint density at radius 3 is 2.74 bits per heavy atom. The van der Waals surface area contributed by atoms with Crippen LogP contribution in [-0.2, 0) is 27.7 Å². The molecule has 0 spiro atoms. The van der Waals surface area contributed by atoms with Crippen molar-refractivity contribution in [2.24, 2.45) is 0 Å². The molecule has 0 amide bonds. The molecule has 39 heavy (non-hydrogen) atoms. The van der Waals surface area contributed by atoms with Crippen molar-refractivity contribution in [1.29, 1.82) is 4.78 Å². The molecule has 2 aromatic carbocycles. The summed E-state index contributed by atoms with van der Waals surface area (Å²) in [7, 11) is 0.124. The van der Waals surface area contributed by atoms with Crippen LogP contribution in [0.4, 0.5) is 26.4 Å². The number of aliphatic hydroxyl groups is 1. The van der Waals surface area contributed by atoms with Gasteiger partial charge < -0.3 is 26.2 Å². The van der Waals surface area contributed by atoms with Gasteiger partial charge in [0.2, 0.25) is 0 Å². The summed E-state index contributed by atoms with van der Waals surface area (Å²) in [4.78, 5) is 12.6. The number of ether oxygens (including phenoxy) is 1. The van der Waals surface area contributed by atoms with Gasteiger partial charge in [0.05, 0.1) is 41.8 Å². The highest BCUT2D eigenvalue weighted by molar-refractivity contribution is 7.90. The lowest BCUT2D eigenvalue weighted by Crippen LogP contribution is -2.34. The average Bonchev–Trinajstić information content (AvgIpc) is 3.46. The fraction of sp³-hybridized carbons (Fsp3) is 0.333. The van der Waals surface area contributed by atoms with E-state index in [4.69, 9.17) is 15.3 Å². The van der Waals surface area contributed by atoms with Crippen LogP contribution in [0.25, 0.3) is 0 Å². The number of fused-ring (bicyclic) bond motifs is 1. The number of anilines is 3. The van der Waals surface area contributed by atoms with Gasteiger partial charge in [-0.05, 0) is 37.3 Å². The molecule has 2 unspecified atom stereocenters. The molecule has 15 heteroatoms. The van der Waals surface area contributed by atoms with Crippen LogP contribution in [0.5, 0.6) is 0 Å². The van der Waals surface area contributed by atoms with E-state index < -0.39 is 28.1 Å². The van der Waals surface area contributed by atoms with Crippen molar-refractivity contribution < 1.29 is 23.2 Å². The van der Waals surface area contributed by atoms with Gasteiger partial charge >= 0.3 is 6.09 Å². The Labute approximate surface area is 225 Å². The Morgan fingerprint density at radius 2 is 2.08 bits per heavy atom. The second-order valence-corrected chi connectivity index (χ2v) is 11.0. The minimum Gasteiger partial charge on any atom is -0.448 e. The Balaban J connectivity index is 1.58. The summed E-state index contributed by atoms with van der Waals surface area (Å²) in [5.41, 5.74) is 11.6. The smallest absolute Gasteiger partial charge is 0.435 e. The summed E-state index contributed by atoms with van der Waals surface area (Å²) in [6.07, 6.45) is -2.01. The molecule has 2 atom stereocenters. The van der Waals surface area contributed by atoms with Gasteiger partial charge in [-0.2, -0.15) is 4.68 Å². The van der Waals surface area contributed by atoms with Crippen LogP contribution in [0.2, 0.25) is 0 Å². The first-order valence-electron chi connectivity index (χ1n) is 12.1. The molecular formula is C24H32FN9O4S. The third kappa shape index (κ3) is 6.12. The predicted molar refractivity (Wildman–Crippen MR) is 144 cm³/mol. The monoisotopic (exact) mass is 561 g/mol. The molecule has 0 fully saturated rings. The number of aliphatic hydroxyl groups excluding tert-OH is 1. The van der Waals surface area contributed by atoms with Crippen LogP contribution >= 0.6 is 0 Å². The number of carbonyl (C=O) groups excluding carboxylic acids is 1. The Hall–Kier alpha value is -3.76. The number of hydrazine groups is 1. The Bertz CT molecular complexity index is 1460. The molecule has 210 valence electrons. The van der Waals surface area contributed by atoms with Crippen LogP contribution in [0.3, 0.4) is 0 Å². The second kappa shape index (κ2) is 11.5. The number of nitrogens with one attached hydrogen (secondary N) is 4. The molecule has 0 saturated heterocycles. The largest absolute Gasteiger partial charge is 0.448 e. The second-order valence-electron chi connectivity index (χ2n) is 8.97. The molecule has 1 aromatic heterocycles. The number of aromatic nitrogens is 2. The molecule has 0 saturated carbocycles. The van der Waals surface area contributed by atoms with E-state index in [0.29, 0.717) is 34.9 Å². The van der Waals surface area contributed by atoms with Crippen LogP contribution < -0.4 is 21.8 Å². The lowest BCUT2D eigenvalue weighted by Gasteiger charge is -2.20. The number of hydrogen-bond acceptors (Lipinski definition) is 11. The third-order valence-electron chi connectivity index (χ3n) is 6.01. The van der Waals surface area contributed by atoms with E-state index in [-0.39, 0.29) is 30.4 Å². The molecule has 7 N–H and O–H groups in total. The van der Waals surface area contributed by atoms with E-state index >= 15 is 0 Å². The summed E-state index contributed by atoms with van der Waals surface area (Å²) < 4.78 is 43.2. The molecule has 0 radical (unpaired) electrons. The van der Waals surface area contributed by atoms with Gasteiger partial charge in [0.15, 0.2) is 12.0 Å². The first-order valence-corrected chi connectivity index (χ1v) is 13.6. The van der Waals surface area contributed by atoms with Gasteiger partial charge in [0, 0.05) is 31.8 Å². The molecule has 0 bridgehead atoms. The fourth-order valence-corrected chi connectivity index (χ4v) is 5.50. The quantitative estimate of drug-likeness (QED) is 0.123. The van der Waals surface area contributed by atoms with E-state index in [1.807, 2.05) is 14.1 Å². The number of hydrogen-bond donors (Lipinski definition) is 6. The van der Waals surface area contributed by atoms with Gasteiger partial charge in [-0.1, -0.05) is 12.1 Å². The Morgan fingerprint density at radius 1 is 1.31 bits per heavy atom. The standard InChI is InChI=1S/C24H32FN9O4S/c1-4-38-24(36)34-21-13-33(39(27,37)17-7-5-6-16(25)11-17)12-18(21)22(31-34)30-23(35)15-8-9-20(19(26)10-15)28-14-29-32(2)3/h5-11,23,27-29,35H,4,12-14,26H2,1-3H3,(H,30,31). The highest BCUT2D eigenvalue weighted by Gasteiger charge is 2.36. The van der Waals surface area contributed by atoms with E-state index in [2.05, 4.69) is 21.2 Å². The average molecular weight is 562 g/mol. The molecule has 1 aliphatic heterocycles. The molecular weight excluding hydrogens is 529 g/mol. The van der Waals surface area contributed by atoms with Gasteiger partial charge in [0.1, 0.15) is 15.7 Å². The number of halogens is 1. The number of rotatable bonds is 10. The van der Waals surface area contributed by atoms with Crippen molar-refractivity contribution >= 4 is 33.2 Å². The predicted octanol–water partition coefficient (Wildman–Crippen LogP) is 2.48. The van der Waals surface area contributed by atoms with Crippen molar-refractivity contribution in [1.82, 2.24) is 24.5 Å². The highest BCUT2D eigenvalue weighted by Crippen LogP contribution is 2.35. The summed E-state index contributed by atoms with van der Waals surface area (Å²) in [5.74, 6) is -0.458. The Kier molecular flexibility index (Phi) is 8.36. The number of carbonyl (C=O) groups is 1. The SMILES string of the molecule is CCOC(=O)n1nc(NC(O)c2ccc(NCNN(C)C)c(N)c2)c2c1CN(S(=N)(=O)c1cccc(F)c1)C2. The van der Waals surface area contributed by atoms with Crippen LogP contribution in [0.1, 0.15) is 30.0 Å². The summed E-state index contributed by atoms with van der Waals surface area (Å²) >= 11 is 0. The third-order valence-corrected chi connectivity index (χ3v) is 7.89. The van der Waals surface area contributed by atoms with Crippen LogP contribution in [0, 0.1) is 10.6 Å². The van der Waals surface area contributed by atoms with Gasteiger partial charge in [0.25, 0.3) is 0 Å². The fourth-order valence-electron chi connectivity index (χ4n) is 4.05. The van der Waals surface area contributed by atoms with Gasteiger partial charge in [-0.3, -0.25) is 0 Å². The van der Waals surface area contributed by atoms with Gasteiger partial charge in [-0.25, -0.2) is 32.9 Å². The molecule has 4 rings (SSSR count). The maximum atomic E-state index is 13.8. The normalized spacial score (nSPS) is 15.5. The molecule has 13 nitrogen and oxygen atoms in total. The zero-order valence-electron chi connectivity index (χ0n) is 21.8. The molecule has 2 heterocycles. The lowest BCUT2D eigenvalue weighted by molar-refractivity contribution is 0.149. The maximum absolute atomic E-state index is 13.8. The zero-order valence-corrected chi connectivity index (χ0v) is 22.6. The molecule has 0 aliphatic carbocycles. The summed E-state index contributed by atoms with van der Waals surface area (Å²) in [5, 5.41) is 23.0. The van der Waals surface area contributed by atoms with E-state index in [0.717, 1.165) is 10.7 Å². The topological polar surface area (TPSA) is 174 Å².